The fourth-order valence-electron chi connectivity index (χ4n) is 7.02. The molecular weight excluding hydrogens is 511 g/mol. The molecule has 2 heterocycles. The van der Waals surface area contributed by atoms with Crippen molar-refractivity contribution in [2.75, 3.05) is 18.4 Å². The Bertz CT molecular complexity index is 1380. The summed E-state index contributed by atoms with van der Waals surface area (Å²) < 4.78 is 45.5. The molecule has 1 aromatic rings. The largest absolute Gasteiger partial charge is 0.573 e. The molecule has 10 nitrogen and oxygen atoms in total. The van der Waals surface area contributed by atoms with Crippen molar-refractivity contribution in [3.8, 4) is 11.5 Å². The van der Waals surface area contributed by atoms with Crippen molar-refractivity contribution in [1.82, 2.24) is 5.32 Å². The van der Waals surface area contributed by atoms with Crippen LogP contribution in [-0.4, -0.2) is 52.2 Å². The van der Waals surface area contributed by atoms with Gasteiger partial charge in [0.15, 0.2) is 17.3 Å². The first-order valence-corrected chi connectivity index (χ1v) is 12.3. The van der Waals surface area contributed by atoms with Crippen molar-refractivity contribution in [2.45, 2.75) is 38.1 Å². The highest BCUT2D eigenvalue weighted by molar-refractivity contribution is 6.21. The van der Waals surface area contributed by atoms with E-state index in [9.17, 15) is 42.9 Å². The Morgan fingerprint density at radius 3 is 2.53 bits per heavy atom. The normalized spacial score (nSPS) is 30.1. The van der Waals surface area contributed by atoms with Crippen LogP contribution in [0.3, 0.4) is 0 Å². The van der Waals surface area contributed by atoms with E-state index < -0.39 is 76.2 Å². The van der Waals surface area contributed by atoms with Crippen LogP contribution < -0.4 is 21.1 Å². The number of carbonyl (C=O) groups excluding carboxylic acids is 3. The first-order chi connectivity index (χ1) is 17.9. The van der Waals surface area contributed by atoms with Crippen LogP contribution in [0.15, 0.2) is 16.9 Å². The molecule has 0 radical (unpaired) electrons. The Hall–Kier alpha value is -3.74. The summed E-state index contributed by atoms with van der Waals surface area (Å²) in [6.45, 7) is 0.932. The second-order valence-electron chi connectivity index (χ2n) is 10.5. The van der Waals surface area contributed by atoms with Crippen LogP contribution in [0.2, 0.25) is 0 Å². The van der Waals surface area contributed by atoms with E-state index in [-0.39, 0.29) is 53.1 Å². The molecule has 38 heavy (non-hydrogen) atoms. The number of hydrogen-bond acceptors (Lipinski definition) is 9. The molecule has 1 saturated heterocycles. The summed E-state index contributed by atoms with van der Waals surface area (Å²) in [5, 5.41) is 39.3. The van der Waals surface area contributed by atoms with E-state index >= 15 is 0 Å². The lowest BCUT2D eigenvalue weighted by Gasteiger charge is -2.42. The van der Waals surface area contributed by atoms with Gasteiger partial charge in [-0.1, -0.05) is 0 Å². The van der Waals surface area contributed by atoms with Gasteiger partial charge in [-0.3, -0.25) is 14.4 Å². The molecule has 7 N–H and O–H groups in total. The molecule has 1 amide bonds. The fraction of sp³-hybridized carbons (Fsp3) is 0.480. The highest BCUT2D eigenvalue weighted by Gasteiger charge is 2.52. The van der Waals surface area contributed by atoms with Crippen LogP contribution in [0.25, 0.3) is 5.76 Å². The summed E-state index contributed by atoms with van der Waals surface area (Å²) in [5.74, 6) is -8.15. The van der Waals surface area contributed by atoms with Crippen LogP contribution in [0.4, 0.5) is 18.9 Å². The number of allylic oxidation sites excluding steroid dienone is 2. The van der Waals surface area contributed by atoms with Gasteiger partial charge in [-0.2, -0.15) is 0 Å². The molecule has 0 bridgehead atoms. The number of alkyl halides is 3. The van der Waals surface area contributed by atoms with E-state index in [0.29, 0.717) is 19.5 Å². The number of halogens is 3. The molecule has 5 unspecified atom stereocenters. The average molecular weight is 535 g/mol. The van der Waals surface area contributed by atoms with Gasteiger partial charge in [0.1, 0.15) is 22.8 Å². The van der Waals surface area contributed by atoms with Gasteiger partial charge >= 0.3 is 6.36 Å². The lowest BCUT2D eigenvalue weighted by molar-refractivity contribution is -0.275. The first kappa shape index (κ1) is 24.6. The van der Waals surface area contributed by atoms with Gasteiger partial charge in [0.25, 0.3) is 5.91 Å². The lowest BCUT2D eigenvalue weighted by atomic mass is 9.61. The number of nitrogens with two attached hydrogens (primary N) is 1. The number of ether oxygens (including phenoxy) is 1. The maximum absolute atomic E-state index is 13.7. The van der Waals surface area contributed by atoms with Crippen molar-refractivity contribution in [3.63, 3.8) is 0 Å². The number of aliphatic hydroxyl groups excluding tert-OH is 2. The number of aromatic hydroxyl groups is 1. The zero-order chi connectivity index (χ0) is 27.3. The molecule has 13 heteroatoms. The van der Waals surface area contributed by atoms with Crippen molar-refractivity contribution in [2.24, 2.45) is 29.4 Å². The molecule has 3 aliphatic carbocycles. The number of ketones is 2. The Kier molecular flexibility index (Phi) is 5.26. The van der Waals surface area contributed by atoms with Crippen LogP contribution >= 0.6 is 0 Å². The Morgan fingerprint density at radius 1 is 1.11 bits per heavy atom. The monoisotopic (exact) mass is 535 g/mol. The number of primary amides is 1. The number of aliphatic hydroxyl groups is 2. The number of Topliss-reactive ketones (excluding diaryl/α,β-unsaturated/α-hetero) is 2. The molecule has 0 aromatic heterocycles. The first-order valence-electron chi connectivity index (χ1n) is 12.3. The highest BCUT2D eigenvalue weighted by Crippen LogP contribution is 2.57. The standard InChI is InChI=1S/C25H24F3N3O7/c26-25(27,28)38-23-10-4-8-3-9-5-11(32)15(24(29)37)21(35)13(9)19(33)12(8)20(34)14(10)22(36)18-16(23)17-7(6-31-18)1-2-30-17/h7-9,13,17,30-31,34-36H,1-6H2,(H2,29,37). The van der Waals surface area contributed by atoms with Gasteiger partial charge in [0, 0.05) is 35.7 Å². The van der Waals surface area contributed by atoms with Gasteiger partial charge < -0.3 is 36.4 Å². The summed E-state index contributed by atoms with van der Waals surface area (Å²) >= 11 is 0. The molecule has 0 spiro atoms. The topological polar surface area (TPSA) is 171 Å². The predicted molar refractivity (Wildman–Crippen MR) is 124 cm³/mol. The van der Waals surface area contributed by atoms with Crippen LogP contribution in [0.1, 0.15) is 42.0 Å². The summed E-state index contributed by atoms with van der Waals surface area (Å²) in [6.07, 6.45) is -4.77. The van der Waals surface area contributed by atoms with Crippen LogP contribution in [0, 0.1) is 23.7 Å². The maximum atomic E-state index is 13.7. The number of rotatable bonds is 2. The third-order valence-electron chi connectivity index (χ3n) is 8.46. The number of amides is 1. The smallest absolute Gasteiger partial charge is 0.511 e. The molecule has 1 aromatic carbocycles. The molecule has 2 aliphatic heterocycles. The molecule has 5 aliphatic rings. The lowest BCUT2D eigenvalue weighted by Crippen LogP contribution is -2.44. The van der Waals surface area contributed by atoms with E-state index in [1.54, 1.807) is 0 Å². The molecule has 5 atom stereocenters. The van der Waals surface area contributed by atoms with Crippen molar-refractivity contribution >= 4 is 28.9 Å². The summed E-state index contributed by atoms with van der Waals surface area (Å²) in [6, 6.07) is -0.519. The maximum Gasteiger partial charge on any atom is 0.573 e. The Balaban J connectivity index is 1.55. The van der Waals surface area contributed by atoms with Crippen molar-refractivity contribution in [3.05, 3.63) is 33.6 Å². The second-order valence-corrected chi connectivity index (χ2v) is 10.5. The van der Waals surface area contributed by atoms with E-state index in [1.165, 1.54) is 0 Å². The highest BCUT2D eigenvalue weighted by atomic mass is 19.4. The third-order valence-corrected chi connectivity index (χ3v) is 8.46. The zero-order valence-electron chi connectivity index (χ0n) is 19.8. The Morgan fingerprint density at radius 2 is 1.84 bits per heavy atom. The van der Waals surface area contributed by atoms with Crippen molar-refractivity contribution < 1.29 is 47.6 Å². The Labute approximate surface area is 213 Å². The number of carbonyl (C=O) groups is 3. The molecule has 2 fully saturated rings. The molecular formula is C25H24F3N3O7. The number of anilines is 1. The molecule has 1 saturated carbocycles. The average Bonchev–Trinajstić information content (AvgIpc) is 3.28. The van der Waals surface area contributed by atoms with E-state index in [2.05, 4.69) is 15.4 Å². The zero-order valence-corrected chi connectivity index (χ0v) is 19.8. The van der Waals surface area contributed by atoms with Gasteiger partial charge in [0.05, 0.1) is 17.2 Å². The van der Waals surface area contributed by atoms with Gasteiger partial charge in [-0.15, -0.1) is 13.2 Å². The van der Waals surface area contributed by atoms with Gasteiger partial charge in [-0.05, 0) is 43.6 Å². The molecule has 6 rings (SSSR count). The van der Waals surface area contributed by atoms with Crippen LogP contribution in [0.5, 0.6) is 11.5 Å². The van der Waals surface area contributed by atoms with E-state index in [0.717, 1.165) is 0 Å². The van der Waals surface area contributed by atoms with E-state index in [1.807, 2.05) is 0 Å². The molecule has 202 valence electrons. The van der Waals surface area contributed by atoms with E-state index in [4.69, 9.17) is 5.73 Å². The fourth-order valence-corrected chi connectivity index (χ4v) is 7.02. The number of phenolic OH excluding ortho intramolecular Hbond substituents is 1. The van der Waals surface area contributed by atoms with Gasteiger partial charge in [0.2, 0.25) is 0 Å². The number of fused-ring (bicyclic) bond motifs is 6. The minimum Gasteiger partial charge on any atom is -0.511 e. The summed E-state index contributed by atoms with van der Waals surface area (Å²) in [4.78, 5) is 37.8. The van der Waals surface area contributed by atoms with Crippen molar-refractivity contribution in [1.29, 1.82) is 0 Å². The van der Waals surface area contributed by atoms with Gasteiger partial charge in [-0.25, -0.2) is 0 Å². The second kappa shape index (κ2) is 8.13. The SMILES string of the molecule is NC(=O)C1=C(O)C2C(=O)C3=C(O)c4c(O)c5c(c(OC(F)(F)F)c4CC3CC2CC1=O)C1NCCC1CN5. The summed E-state index contributed by atoms with van der Waals surface area (Å²) in [7, 11) is 0. The number of nitrogens with one attached hydrogen (secondary N) is 2. The van der Waals surface area contributed by atoms with Crippen LogP contribution in [-0.2, 0) is 20.8 Å². The number of benzene rings is 1. The quantitative estimate of drug-likeness (QED) is 0.246. The minimum atomic E-state index is -5.07. The summed E-state index contributed by atoms with van der Waals surface area (Å²) in [5.41, 5.74) is 4.01. The predicted octanol–water partition coefficient (Wildman–Crippen LogP) is 2.28. The minimum absolute atomic E-state index is 0.0209. The third kappa shape index (κ3) is 3.40. The number of phenols is 1. The number of hydrogen-bond donors (Lipinski definition) is 6.